The number of amides is 1. The highest BCUT2D eigenvalue weighted by atomic mass is 32.2. The first-order chi connectivity index (χ1) is 8.72. The number of hydrogen-bond acceptors (Lipinski definition) is 6. The molecular formula is C11H17N3O4S. The van der Waals surface area contributed by atoms with Gasteiger partial charge in [0.1, 0.15) is 6.04 Å². The average molecular weight is 287 g/mol. The molecule has 7 nitrogen and oxygen atoms in total. The Bertz CT molecular complexity index is 472. The smallest absolute Gasteiger partial charge is 0.321 e. The number of carboxylic acids is 1. The number of aryl methyl sites for hydroxylation is 1. The number of nitrogens with zero attached hydrogens (tertiary/aromatic N) is 1. The minimum Gasteiger partial charge on any atom is -0.480 e. The Labute approximate surface area is 114 Å². The Kier molecular flexibility index (Phi) is 4.96. The van der Waals surface area contributed by atoms with E-state index in [1.165, 1.54) is 11.8 Å². The van der Waals surface area contributed by atoms with Gasteiger partial charge >= 0.3 is 5.97 Å². The number of nitrogens with one attached hydrogen (secondary N) is 1. The maximum atomic E-state index is 11.7. The summed E-state index contributed by atoms with van der Waals surface area (Å²) in [7, 11) is 0. The summed E-state index contributed by atoms with van der Waals surface area (Å²) in [5.74, 6) is -1.05. The summed E-state index contributed by atoms with van der Waals surface area (Å²) in [5, 5.41) is 15.0. The Morgan fingerprint density at radius 3 is 2.74 bits per heavy atom. The number of thioether (sulfide) groups is 1. The summed E-state index contributed by atoms with van der Waals surface area (Å²) in [4.78, 5) is 22.5. The topological polar surface area (TPSA) is 118 Å². The van der Waals surface area contributed by atoms with Gasteiger partial charge in [-0.3, -0.25) is 14.9 Å². The fraction of sp³-hybridized carbons (Fsp3) is 0.545. The third-order valence-electron chi connectivity index (χ3n) is 2.48. The predicted octanol–water partition coefficient (Wildman–Crippen LogP) is 0.845. The van der Waals surface area contributed by atoms with Crippen molar-refractivity contribution >= 4 is 29.5 Å². The lowest BCUT2D eigenvalue weighted by atomic mass is 10.1. The molecule has 106 valence electrons. The van der Waals surface area contributed by atoms with Crippen LogP contribution in [-0.4, -0.2) is 38.7 Å². The van der Waals surface area contributed by atoms with Gasteiger partial charge in [-0.25, -0.2) is 0 Å². The summed E-state index contributed by atoms with van der Waals surface area (Å²) >= 11 is 1.17. The SMILES string of the molecule is Cc1cc(NC(=O)CSC(C)(C)[C@@H](N)C(=O)O)on1. The number of rotatable bonds is 6. The van der Waals surface area contributed by atoms with Crippen molar-refractivity contribution in [2.45, 2.75) is 31.6 Å². The zero-order valence-corrected chi connectivity index (χ0v) is 11.8. The molecule has 0 aliphatic carbocycles. The van der Waals surface area contributed by atoms with Crippen molar-refractivity contribution in [1.29, 1.82) is 0 Å². The molecule has 1 amide bonds. The van der Waals surface area contributed by atoms with Gasteiger partial charge in [-0.05, 0) is 20.8 Å². The van der Waals surface area contributed by atoms with E-state index in [1.807, 2.05) is 0 Å². The van der Waals surface area contributed by atoms with Gasteiger partial charge in [0.05, 0.1) is 11.4 Å². The van der Waals surface area contributed by atoms with Gasteiger partial charge in [0.15, 0.2) is 0 Å². The number of aliphatic carboxylic acids is 1. The van der Waals surface area contributed by atoms with Crippen LogP contribution in [0.4, 0.5) is 5.88 Å². The van der Waals surface area contributed by atoms with Crippen molar-refractivity contribution < 1.29 is 19.2 Å². The molecule has 0 radical (unpaired) electrons. The van der Waals surface area contributed by atoms with E-state index in [0.717, 1.165) is 0 Å². The van der Waals surface area contributed by atoms with Crippen LogP contribution in [0.15, 0.2) is 10.6 Å². The summed E-state index contributed by atoms with van der Waals surface area (Å²) in [5.41, 5.74) is 6.22. The van der Waals surface area contributed by atoms with Crippen molar-refractivity contribution in [1.82, 2.24) is 5.16 Å². The number of carbonyl (C=O) groups excluding carboxylic acids is 1. The monoisotopic (exact) mass is 287 g/mol. The molecule has 0 aliphatic heterocycles. The van der Waals surface area contributed by atoms with E-state index in [4.69, 9.17) is 15.4 Å². The fourth-order valence-electron chi connectivity index (χ4n) is 1.23. The van der Waals surface area contributed by atoms with Crippen molar-refractivity contribution in [3.8, 4) is 0 Å². The molecule has 0 aromatic carbocycles. The van der Waals surface area contributed by atoms with Crippen LogP contribution in [0.5, 0.6) is 0 Å². The molecule has 1 aromatic rings. The molecule has 0 bridgehead atoms. The van der Waals surface area contributed by atoms with E-state index in [0.29, 0.717) is 5.69 Å². The molecule has 1 heterocycles. The Morgan fingerprint density at radius 2 is 2.26 bits per heavy atom. The van der Waals surface area contributed by atoms with E-state index < -0.39 is 16.8 Å². The highest BCUT2D eigenvalue weighted by Crippen LogP contribution is 2.27. The van der Waals surface area contributed by atoms with Gasteiger partial charge in [-0.15, -0.1) is 11.8 Å². The molecule has 4 N–H and O–H groups in total. The van der Waals surface area contributed by atoms with Crippen molar-refractivity contribution in [3.63, 3.8) is 0 Å². The lowest BCUT2D eigenvalue weighted by Crippen LogP contribution is -2.47. The Morgan fingerprint density at radius 1 is 1.63 bits per heavy atom. The average Bonchev–Trinajstić information content (AvgIpc) is 2.71. The van der Waals surface area contributed by atoms with Crippen LogP contribution in [0.1, 0.15) is 19.5 Å². The number of nitrogens with two attached hydrogens (primary N) is 1. The third kappa shape index (κ3) is 4.56. The second-order valence-corrected chi connectivity index (χ2v) is 6.22. The van der Waals surface area contributed by atoms with Gasteiger partial charge in [-0.1, -0.05) is 5.16 Å². The molecule has 0 unspecified atom stereocenters. The van der Waals surface area contributed by atoms with Crippen molar-refractivity contribution in [2.24, 2.45) is 5.73 Å². The maximum absolute atomic E-state index is 11.7. The highest BCUT2D eigenvalue weighted by molar-refractivity contribution is 8.01. The second kappa shape index (κ2) is 6.07. The normalized spacial score (nSPS) is 13.1. The van der Waals surface area contributed by atoms with E-state index in [1.54, 1.807) is 26.8 Å². The molecular weight excluding hydrogens is 270 g/mol. The zero-order valence-electron chi connectivity index (χ0n) is 11.0. The number of anilines is 1. The van der Waals surface area contributed by atoms with Crippen LogP contribution < -0.4 is 11.1 Å². The number of hydrogen-bond donors (Lipinski definition) is 3. The van der Waals surface area contributed by atoms with Crippen LogP contribution in [0.2, 0.25) is 0 Å². The maximum Gasteiger partial charge on any atom is 0.321 e. The fourth-order valence-corrected chi connectivity index (χ4v) is 2.09. The minimum absolute atomic E-state index is 0.0771. The Balaban J connectivity index is 2.48. The molecule has 0 saturated carbocycles. The molecule has 0 spiro atoms. The first-order valence-electron chi connectivity index (χ1n) is 5.58. The van der Waals surface area contributed by atoms with Crippen molar-refractivity contribution in [3.05, 3.63) is 11.8 Å². The summed E-state index contributed by atoms with van der Waals surface area (Å²) in [6, 6.07) is 0.550. The molecule has 1 aromatic heterocycles. The molecule has 19 heavy (non-hydrogen) atoms. The van der Waals surface area contributed by atoms with Crippen molar-refractivity contribution in [2.75, 3.05) is 11.1 Å². The van der Waals surface area contributed by atoms with Crippen LogP contribution >= 0.6 is 11.8 Å². The standard InChI is InChI=1S/C11H17N3O4S/c1-6-4-8(18-14-6)13-7(15)5-19-11(2,3)9(12)10(16)17/h4,9H,5,12H2,1-3H3,(H,13,15)(H,16,17)/t9-/m0/s1. The van der Waals surface area contributed by atoms with Gasteiger partial charge in [0, 0.05) is 10.8 Å². The molecule has 1 atom stereocenters. The summed E-state index contributed by atoms with van der Waals surface area (Å²) in [6.07, 6.45) is 0. The predicted molar refractivity (Wildman–Crippen MR) is 72.0 cm³/mol. The van der Waals surface area contributed by atoms with Crippen LogP contribution in [0.3, 0.4) is 0 Å². The third-order valence-corrected chi connectivity index (χ3v) is 3.89. The van der Waals surface area contributed by atoms with E-state index >= 15 is 0 Å². The first kappa shape index (κ1) is 15.5. The van der Waals surface area contributed by atoms with Gasteiger partial charge < -0.3 is 15.4 Å². The minimum atomic E-state index is -1.09. The molecule has 1 rings (SSSR count). The van der Waals surface area contributed by atoms with Gasteiger partial charge in [-0.2, -0.15) is 0 Å². The molecule has 0 aliphatic rings. The summed E-state index contributed by atoms with van der Waals surface area (Å²) < 4.78 is 4.09. The van der Waals surface area contributed by atoms with Crippen LogP contribution in [0.25, 0.3) is 0 Å². The lowest BCUT2D eigenvalue weighted by Gasteiger charge is -2.27. The van der Waals surface area contributed by atoms with E-state index in [-0.39, 0.29) is 17.5 Å². The van der Waals surface area contributed by atoms with Crippen LogP contribution in [-0.2, 0) is 9.59 Å². The Hall–Kier alpha value is -1.54. The summed E-state index contributed by atoms with van der Waals surface area (Å²) in [6.45, 7) is 5.10. The zero-order chi connectivity index (χ0) is 14.6. The number of carbonyl (C=O) groups is 2. The van der Waals surface area contributed by atoms with E-state index in [2.05, 4.69) is 10.5 Å². The van der Waals surface area contributed by atoms with Crippen LogP contribution in [0, 0.1) is 6.92 Å². The first-order valence-corrected chi connectivity index (χ1v) is 6.56. The van der Waals surface area contributed by atoms with E-state index in [9.17, 15) is 9.59 Å². The second-order valence-electron chi connectivity index (χ2n) is 4.59. The quantitative estimate of drug-likeness (QED) is 0.709. The molecule has 0 fully saturated rings. The number of aromatic nitrogens is 1. The molecule has 0 saturated heterocycles. The largest absolute Gasteiger partial charge is 0.480 e. The van der Waals surface area contributed by atoms with Gasteiger partial charge in [0.2, 0.25) is 11.8 Å². The number of carboxylic acid groups (broad SMARTS) is 1. The lowest BCUT2D eigenvalue weighted by molar-refractivity contribution is -0.139. The van der Waals surface area contributed by atoms with Gasteiger partial charge in [0.25, 0.3) is 0 Å². The highest BCUT2D eigenvalue weighted by Gasteiger charge is 2.33. The molecule has 8 heteroatoms.